The largest absolute Gasteiger partial charge is 0.342 e. The molecule has 0 unspecified atom stereocenters. The van der Waals surface area contributed by atoms with Gasteiger partial charge in [-0.25, -0.2) is 4.98 Å². The number of carbonyl (C=O) groups is 1. The van der Waals surface area contributed by atoms with Crippen molar-refractivity contribution in [2.75, 3.05) is 18.8 Å². The zero-order valence-electron chi connectivity index (χ0n) is 13.3. The first-order valence-electron chi connectivity index (χ1n) is 8.14. The molecule has 4 rings (SSSR count). The van der Waals surface area contributed by atoms with Gasteiger partial charge < -0.3 is 9.88 Å². The summed E-state index contributed by atoms with van der Waals surface area (Å²) in [7, 11) is 0. The third-order valence-corrected chi connectivity index (χ3v) is 5.35. The summed E-state index contributed by atoms with van der Waals surface area (Å²) in [5, 5.41) is 0. The normalized spacial score (nSPS) is 14.8. The van der Waals surface area contributed by atoms with E-state index in [-0.39, 0.29) is 5.91 Å². The van der Waals surface area contributed by atoms with Crippen LogP contribution in [0.2, 0.25) is 0 Å². The topological polar surface area (TPSA) is 49.0 Å². The molecule has 122 valence electrons. The maximum Gasteiger partial charge on any atom is 0.232 e. The minimum atomic E-state index is 0.225. The molecule has 0 spiro atoms. The number of rotatable bonds is 5. The molecule has 3 aromatic rings. The van der Waals surface area contributed by atoms with E-state index >= 15 is 0 Å². The first-order chi connectivity index (χ1) is 11.8. The first kappa shape index (κ1) is 15.3. The van der Waals surface area contributed by atoms with Crippen LogP contribution in [-0.2, 0) is 10.5 Å². The number of hydrogen-bond acceptors (Lipinski definition) is 3. The van der Waals surface area contributed by atoms with Gasteiger partial charge in [0, 0.05) is 18.8 Å². The lowest BCUT2D eigenvalue weighted by Gasteiger charge is -2.38. The van der Waals surface area contributed by atoms with Crippen LogP contribution < -0.4 is 0 Å². The van der Waals surface area contributed by atoms with Crippen molar-refractivity contribution in [3.8, 4) is 0 Å². The van der Waals surface area contributed by atoms with Crippen LogP contribution in [0.3, 0.4) is 0 Å². The number of aromatic nitrogens is 2. The van der Waals surface area contributed by atoms with Crippen LogP contribution in [0.15, 0.2) is 54.6 Å². The summed E-state index contributed by atoms with van der Waals surface area (Å²) < 4.78 is 0. The van der Waals surface area contributed by atoms with Gasteiger partial charge in [0.15, 0.2) is 0 Å². The van der Waals surface area contributed by atoms with Gasteiger partial charge in [0.1, 0.15) is 5.82 Å². The van der Waals surface area contributed by atoms with Crippen molar-refractivity contribution in [2.45, 2.75) is 11.7 Å². The molecule has 1 aliphatic rings. The highest BCUT2D eigenvalue weighted by molar-refractivity contribution is 7.99. The third kappa shape index (κ3) is 3.17. The van der Waals surface area contributed by atoms with Crippen LogP contribution in [0.25, 0.3) is 11.0 Å². The molecule has 1 amide bonds. The highest BCUT2D eigenvalue weighted by Crippen LogP contribution is 2.27. The number of imidazole rings is 1. The summed E-state index contributed by atoms with van der Waals surface area (Å²) in [4.78, 5) is 22.2. The lowest BCUT2D eigenvalue weighted by Crippen LogP contribution is -2.49. The highest BCUT2D eigenvalue weighted by Gasteiger charge is 2.33. The predicted molar refractivity (Wildman–Crippen MR) is 98.0 cm³/mol. The molecule has 4 nitrogen and oxygen atoms in total. The van der Waals surface area contributed by atoms with Gasteiger partial charge in [0.05, 0.1) is 22.7 Å². The average Bonchev–Trinajstić information content (AvgIpc) is 2.98. The number of carbonyl (C=O) groups excluding carboxylic acids is 1. The molecule has 1 aliphatic heterocycles. The molecular weight excluding hydrogens is 318 g/mol. The van der Waals surface area contributed by atoms with Crippen molar-refractivity contribution in [1.82, 2.24) is 14.9 Å². The quantitative estimate of drug-likeness (QED) is 0.776. The second kappa shape index (κ2) is 6.69. The number of hydrogen-bond donors (Lipinski definition) is 1. The molecule has 1 fully saturated rings. The van der Waals surface area contributed by atoms with E-state index in [1.54, 1.807) is 11.8 Å². The Morgan fingerprint density at radius 1 is 1.12 bits per heavy atom. The highest BCUT2D eigenvalue weighted by atomic mass is 32.2. The van der Waals surface area contributed by atoms with Gasteiger partial charge in [0.25, 0.3) is 0 Å². The Labute approximate surface area is 145 Å². The standard InChI is InChI=1S/C19H19N3OS/c23-18(13-24-12-14-6-2-1-3-7-14)22-10-15(11-22)19-20-16-8-4-5-9-17(16)21-19/h1-9,15H,10-13H2,(H,20,21). The number of para-hydroxylation sites is 2. The van der Waals surface area contributed by atoms with Gasteiger partial charge in [-0.3, -0.25) is 4.79 Å². The summed E-state index contributed by atoms with van der Waals surface area (Å²) in [6, 6.07) is 18.3. The van der Waals surface area contributed by atoms with Crippen molar-refractivity contribution in [1.29, 1.82) is 0 Å². The van der Waals surface area contributed by atoms with Crippen LogP contribution in [-0.4, -0.2) is 39.6 Å². The van der Waals surface area contributed by atoms with Crippen molar-refractivity contribution in [3.05, 3.63) is 66.0 Å². The van der Waals surface area contributed by atoms with Gasteiger partial charge >= 0.3 is 0 Å². The Morgan fingerprint density at radius 3 is 2.67 bits per heavy atom. The Kier molecular flexibility index (Phi) is 4.26. The van der Waals surface area contributed by atoms with Crippen molar-refractivity contribution in [2.24, 2.45) is 0 Å². The van der Waals surface area contributed by atoms with E-state index < -0.39 is 0 Å². The summed E-state index contributed by atoms with van der Waals surface area (Å²) in [5.74, 6) is 2.98. The molecule has 1 N–H and O–H groups in total. The van der Waals surface area contributed by atoms with Crippen LogP contribution in [0.5, 0.6) is 0 Å². The number of aromatic amines is 1. The number of fused-ring (bicyclic) bond motifs is 1. The molecular formula is C19H19N3OS. The van der Waals surface area contributed by atoms with Crippen molar-refractivity contribution in [3.63, 3.8) is 0 Å². The van der Waals surface area contributed by atoms with Gasteiger partial charge in [-0.15, -0.1) is 11.8 Å². The monoisotopic (exact) mass is 337 g/mol. The minimum Gasteiger partial charge on any atom is -0.342 e. The Balaban J connectivity index is 1.26. The van der Waals surface area contributed by atoms with Gasteiger partial charge in [-0.1, -0.05) is 42.5 Å². The third-order valence-electron chi connectivity index (χ3n) is 4.37. The summed E-state index contributed by atoms with van der Waals surface area (Å²) in [6.07, 6.45) is 0. The lowest BCUT2D eigenvalue weighted by atomic mass is 10.00. The Morgan fingerprint density at radius 2 is 1.88 bits per heavy atom. The fourth-order valence-electron chi connectivity index (χ4n) is 2.94. The summed E-state index contributed by atoms with van der Waals surface area (Å²) >= 11 is 1.68. The zero-order valence-corrected chi connectivity index (χ0v) is 14.1. The number of likely N-dealkylation sites (tertiary alicyclic amines) is 1. The van der Waals surface area contributed by atoms with E-state index in [0.717, 1.165) is 35.7 Å². The molecule has 2 aromatic carbocycles. The summed E-state index contributed by atoms with van der Waals surface area (Å²) in [5.41, 5.74) is 3.32. The molecule has 0 bridgehead atoms. The Bertz CT molecular complexity index is 807. The maximum absolute atomic E-state index is 12.2. The molecule has 0 saturated carbocycles. The van der Waals surface area contributed by atoms with Gasteiger partial charge in [-0.05, 0) is 17.7 Å². The van der Waals surface area contributed by atoms with Crippen LogP contribution in [0.4, 0.5) is 0 Å². The van der Waals surface area contributed by atoms with Crippen molar-refractivity contribution >= 4 is 28.7 Å². The number of thioether (sulfide) groups is 1. The molecule has 0 atom stereocenters. The molecule has 0 radical (unpaired) electrons. The van der Waals surface area contributed by atoms with Crippen LogP contribution >= 0.6 is 11.8 Å². The van der Waals surface area contributed by atoms with E-state index in [4.69, 9.17) is 0 Å². The van der Waals surface area contributed by atoms with E-state index in [1.807, 2.05) is 47.4 Å². The average molecular weight is 337 g/mol. The number of H-pyrrole nitrogens is 1. The SMILES string of the molecule is O=C(CSCc1ccccc1)N1CC(c2nc3ccccc3[nH]2)C1. The summed E-state index contributed by atoms with van der Waals surface area (Å²) in [6.45, 7) is 1.54. The van der Waals surface area contributed by atoms with E-state index in [9.17, 15) is 4.79 Å². The van der Waals surface area contributed by atoms with E-state index in [2.05, 4.69) is 22.1 Å². The molecule has 2 heterocycles. The Hall–Kier alpha value is -2.27. The molecule has 1 saturated heterocycles. The fraction of sp³-hybridized carbons (Fsp3) is 0.263. The predicted octanol–water partition coefficient (Wildman–Crippen LogP) is 3.42. The van der Waals surface area contributed by atoms with E-state index in [0.29, 0.717) is 11.7 Å². The molecule has 1 aromatic heterocycles. The maximum atomic E-state index is 12.2. The van der Waals surface area contributed by atoms with Crippen LogP contribution in [0, 0.1) is 0 Å². The van der Waals surface area contributed by atoms with Gasteiger partial charge in [0.2, 0.25) is 5.91 Å². The van der Waals surface area contributed by atoms with Crippen LogP contribution in [0.1, 0.15) is 17.3 Å². The zero-order chi connectivity index (χ0) is 16.4. The number of amides is 1. The van der Waals surface area contributed by atoms with Crippen molar-refractivity contribution < 1.29 is 4.79 Å². The number of benzene rings is 2. The molecule has 0 aliphatic carbocycles. The van der Waals surface area contributed by atoms with E-state index in [1.165, 1.54) is 5.56 Å². The molecule has 24 heavy (non-hydrogen) atoms. The smallest absolute Gasteiger partial charge is 0.232 e. The second-order valence-corrected chi connectivity index (χ2v) is 7.10. The fourth-order valence-corrected chi connectivity index (χ4v) is 3.83. The van der Waals surface area contributed by atoms with Gasteiger partial charge in [-0.2, -0.15) is 0 Å². The lowest BCUT2D eigenvalue weighted by molar-refractivity contribution is -0.132. The molecule has 5 heteroatoms. The first-order valence-corrected chi connectivity index (χ1v) is 9.29. The number of nitrogens with zero attached hydrogens (tertiary/aromatic N) is 2. The number of nitrogens with one attached hydrogen (secondary N) is 1. The minimum absolute atomic E-state index is 0.225. The second-order valence-electron chi connectivity index (χ2n) is 6.11.